The highest BCUT2D eigenvalue weighted by Crippen LogP contribution is 2.38. The zero-order valence-electron chi connectivity index (χ0n) is 17.8. The molecular formula is C24H15ClF6N2OS. The third kappa shape index (κ3) is 5.28. The van der Waals surface area contributed by atoms with Crippen molar-refractivity contribution in [3.63, 3.8) is 0 Å². The van der Waals surface area contributed by atoms with Crippen molar-refractivity contribution in [3.05, 3.63) is 93.5 Å². The number of nitrogens with zero attached hydrogens (tertiary/aromatic N) is 2. The molecule has 182 valence electrons. The number of alkyl halides is 6. The number of thiazole rings is 1. The lowest BCUT2D eigenvalue weighted by Gasteiger charge is -2.21. The molecule has 0 saturated carbocycles. The van der Waals surface area contributed by atoms with Gasteiger partial charge in [0.15, 0.2) is 5.13 Å². The molecule has 0 atom stereocenters. The first kappa shape index (κ1) is 25.0. The van der Waals surface area contributed by atoms with Crippen LogP contribution in [0.25, 0.3) is 10.2 Å². The molecule has 4 rings (SSSR count). The maximum Gasteiger partial charge on any atom is 0.416 e. The molecule has 3 nitrogen and oxygen atoms in total. The second-order valence-electron chi connectivity index (χ2n) is 7.69. The molecule has 0 aliphatic rings. The summed E-state index contributed by atoms with van der Waals surface area (Å²) in [6.07, 6.45) is -10.2. The zero-order valence-corrected chi connectivity index (χ0v) is 19.4. The van der Waals surface area contributed by atoms with Gasteiger partial charge in [0.1, 0.15) is 0 Å². The highest BCUT2D eigenvalue weighted by molar-refractivity contribution is 7.22. The SMILES string of the molecule is Cc1c(Cl)ccc2sc(N(Cc3ccccc3)C(=O)c3cc(C(F)(F)F)cc(C(F)(F)F)c3)nc12. The highest BCUT2D eigenvalue weighted by atomic mass is 35.5. The normalized spacial score (nSPS) is 12.2. The Morgan fingerprint density at radius 1 is 0.943 bits per heavy atom. The number of hydrogen-bond donors (Lipinski definition) is 0. The number of amides is 1. The Balaban J connectivity index is 1.87. The summed E-state index contributed by atoms with van der Waals surface area (Å²) in [5.74, 6) is -1.05. The monoisotopic (exact) mass is 528 g/mol. The topological polar surface area (TPSA) is 33.2 Å². The standard InChI is InChI=1S/C24H15ClF6N2OS/c1-13-18(25)7-8-19-20(13)32-22(35-19)33(12-14-5-3-2-4-6-14)21(34)15-9-16(23(26,27)28)11-17(10-15)24(29,30)31/h2-11H,12H2,1H3. The van der Waals surface area contributed by atoms with Gasteiger partial charge in [-0.2, -0.15) is 26.3 Å². The van der Waals surface area contributed by atoms with Gasteiger partial charge in [-0.1, -0.05) is 53.3 Å². The molecule has 0 aliphatic heterocycles. The Bertz CT molecular complexity index is 1370. The molecule has 1 aromatic heterocycles. The minimum absolute atomic E-state index is 0.0125. The smallest absolute Gasteiger partial charge is 0.279 e. The number of anilines is 1. The maximum atomic E-state index is 13.5. The van der Waals surface area contributed by atoms with E-state index in [0.29, 0.717) is 38.5 Å². The van der Waals surface area contributed by atoms with Crippen LogP contribution in [-0.4, -0.2) is 10.9 Å². The molecule has 0 saturated heterocycles. The van der Waals surface area contributed by atoms with E-state index < -0.39 is 35.0 Å². The third-order valence-corrected chi connectivity index (χ3v) is 6.68. The van der Waals surface area contributed by atoms with Crippen LogP contribution in [0.4, 0.5) is 31.5 Å². The Kier molecular flexibility index (Phi) is 6.54. The van der Waals surface area contributed by atoms with Crippen molar-refractivity contribution in [2.75, 3.05) is 4.90 Å². The predicted octanol–water partition coefficient (Wildman–Crippen LogP) is 8.14. The number of aromatic nitrogens is 1. The largest absolute Gasteiger partial charge is 0.416 e. The van der Waals surface area contributed by atoms with Crippen molar-refractivity contribution in [2.45, 2.75) is 25.8 Å². The lowest BCUT2D eigenvalue weighted by atomic mass is 10.0. The minimum atomic E-state index is -5.08. The number of aryl methyl sites for hydroxylation is 1. The number of halogens is 7. The minimum Gasteiger partial charge on any atom is -0.279 e. The summed E-state index contributed by atoms with van der Waals surface area (Å²) in [4.78, 5) is 19.0. The summed E-state index contributed by atoms with van der Waals surface area (Å²) in [6, 6.07) is 12.7. The van der Waals surface area contributed by atoms with Crippen LogP contribution in [0.5, 0.6) is 0 Å². The van der Waals surface area contributed by atoms with Crippen LogP contribution in [0.3, 0.4) is 0 Å². The molecule has 4 aromatic rings. The van der Waals surface area contributed by atoms with E-state index in [1.54, 1.807) is 49.4 Å². The summed E-state index contributed by atoms with van der Waals surface area (Å²) in [5, 5.41) is 0.549. The van der Waals surface area contributed by atoms with Crippen molar-refractivity contribution >= 4 is 44.2 Å². The molecule has 11 heteroatoms. The van der Waals surface area contributed by atoms with Gasteiger partial charge >= 0.3 is 12.4 Å². The van der Waals surface area contributed by atoms with Crippen LogP contribution in [0.2, 0.25) is 5.02 Å². The fourth-order valence-corrected chi connectivity index (χ4v) is 4.61. The Hall–Kier alpha value is -3.11. The fraction of sp³-hybridized carbons (Fsp3) is 0.167. The van der Waals surface area contributed by atoms with Gasteiger partial charge in [0.25, 0.3) is 5.91 Å². The van der Waals surface area contributed by atoms with E-state index in [0.717, 1.165) is 16.2 Å². The first-order valence-electron chi connectivity index (χ1n) is 10.1. The number of hydrogen-bond acceptors (Lipinski definition) is 3. The number of benzene rings is 3. The molecule has 0 fully saturated rings. The Labute approximate surface area is 204 Å². The van der Waals surface area contributed by atoms with E-state index in [9.17, 15) is 31.1 Å². The maximum absolute atomic E-state index is 13.5. The molecule has 0 unspecified atom stereocenters. The Morgan fingerprint density at radius 2 is 1.54 bits per heavy atom. The molecular weight excluding hydrogens is 514 g/mol. The van der Waals surface area contributed by atoms with Crippen molar-refractivity contribution in [2.24, 2.45) is 0 Å². The van der Waals surface area contributed by atoms with Crippen LogP contribution in [0, 0.1) is 6.92 Å². The molecule has 0 bridgehead atoms. The first-order chi connectivity index (χ1) is 16.3. The molecule has 0 spiro atoms. The van der Waals surface area contributed by atoms with Gasteiger partial charge in [0, 0.05) is 10.6 Å². The molecule has 1 heterocycles. The van der Waals surface area contributed by atoms with Gasteiger partial charge in [0.05, 0.1) is 27.9 Å². The average Bonchev–Trinajstić information content (AvgIpc) is 3.23. The summed E-state index contributed by atoms with van der Waals surface area (Å²) in [7, 11) is 0. The van der Waals surface area contributed by atoms with Crippen LogP contribution in [-0.2, 0) is 18.9 Å². The molecule has 0 radical (unpaired) electrons. The van der Waals surface area contributed by atoms with Crippen LogP contribution in [0.15, 0.2) is 60.7 Å². The van der Waals surface area contributed by atoms with E-state index in [2.05, 4.69) is 4.98 Å². The lowest BCUT2D eigenvalue weighted by Crippen LogP contribution is -2.31. The second-order valence-corrected chi connectivity index (χ2v) is 9.10. The van der Waals surface area contributed by atoms with Gasteiger partial charge in [-0.3, -0.25) is 9.69 Å². The van der Waals surface area contributed by atoms with Gasteiger partial charge in [-0.15, -0.1) is 0 Å². The van der Waals surface area contributed by atoms with Crippen molar-refractivity contribution in [1.82, 2.24) is 4.98 Å². The van der Waals surface area contributed by atoms with Gasteiger partial charge < -0.3 is 0 Å². The molecule has 35 heavy (non-hydrogen) atoms. The summed E-state index contributed by atoms with van der Waals surface area (Å²) in [6.45, 7) is 1.60. The van der Waals surface area contributed by atoms with Crippen LogP contribution in [0.1, 0.15) is 32.6 Å². The summed E-state index contributed by atoms with van der Waals surface area (Å²) in [5.41, 5.74) is -2.15. The Morgan fingerprint density at radius 3 is 2.11 bits per heavy atom. The van der Waals surface area contributed by atoms with Gasteiger partial charge in [-0.25, -0.2) is 4.98 Å². The van der Waals surface area contributed by atoms with Crippen molar-refractivity contribution < 1.29 is 31.1 Å². The summed E-state index contributed by atoms with van der Waals surface area (Å²) < 4.78 is 80.9. The number of rotatable bonds is 4. The number of carbonyl (C=O) groups excluding carboxylic acids is 1. The number of carbonyl (C=O) groups is 1. The molecule has 3 aromatic carbocycles. The predicted molar refractivity (Wildman–Crippen MR) is 123 cm³/mol. The summed E-state index contributed by atoms with van der Waals surface area (Å²) >= 11 is 7.24. The first-order valence-corrected chi connectivity index (χ1v) is 11.2. The van der Waals surface area contributed by atoms with E-state index in [-0.39, 0.29) is 17.7 Å². The zero-order chi connectivity index (χ0) is 25.5. The van der Waals surface area contributed by atoms with Crippen molar-refractivity contribution in [3.8, 4) is 0 Å². The molecule has 0 aliphatic carbocycles. The quantitative estimate of drug-likeness (QED) is 0.250. The van der Waals surface area contributed by atoms with Gasteiger partial charge in [-0.05, 0) is 48.4 Å². The fourth-order valence-electron chi connectivity index (χ4n) is 3.43. The highest BCUT2D eigenvalue weighted by Gasteiger charge is 2.38. The lowest BCUT2D eigenvalue weighted by molar-refractivity contribution is -0.143. The third-order valence-electron chi connectivity index (χ3n) is 5.23. The van der Waals surface area contributed by atoms with E-state index in [1.165, 1.54) is 0 Å². The van der Waals surface area contributed by atoms with Crippen LogP contribution < -0.4 is 4.90 Å². The van der Waals surface area contributed by atoms with Gasteiger partial charge in [0.2, 0.25) is 0 Å². The number of fused-ring (bicyclic) bond motifs is 1. The second kappa shape index (κ2) is 9.16. The van der Waals surface area contributed by atoms with E-state index in [1.807, 2.05) is 0 Å². The van der Waals surface area contributed by atoms with Crippen molar-refractivity contribution in [1.29, 1.82) is 0 Å². The van der Waals surface area contributed by atoms with E-state index in [4.69, 9.17) is 11.6 Å². The molecule has 1 amide bonds. The average molecular weight is 529 g/mol. The molecule has 0 N–H and O–H groups in total. The van der Waals surface area contributed by atoms with E-state index >= 15 is 0 Å². The van der Waals surface area contributed by atoms with Crippen LogP contribution >= 0.6 is 22.9 Å².